The zero-order valence-corrected chi connectivity index (χ0v) is 77.3. The first-order valence-electron chi connectivity index (χ1n) is 43.1. The van der Waals surface area contributed by atoms with E-state index in [1.165, 1.54) is 34.4 Å². The first kappa shape index (κ1) is 93.9. The number of Topliss-reactive ketones (excluding diaryl/α,β-unsaturated/α-hetero) is 1. The highest BCUT2D eigenvalue weighted by molar-refractivity contribution is 7.87. The van der Waals surface area contributed by atoms with Crippen LogP contribution in [0.4, 0.5) is 39.2 Å². The topological polar surface area (TPSA) is 326 Å². The number of rotatable bonds is 14. The molecule has 4 atom stereocenters. The smallest absolute Gasteiger partial charge is 0.481 e. The van der Waals surface area contributed by atoms with Crippen molar-refractivity contribution in [3.05, 3.63) is 168 Å². The maximum Gasteiger partial charge on any atom is 0.534 e. The highest BCUT2D eigenvalue weighted by atomic mass is 32.2. The Labute approximate surface area is 746 Å². The molecule has 4 bridgehead atoms. The van der Waals surface area contributed by atoms with Crippen LogP contribution in [-0.4, -0.2) is 231 Å². The Morgan fingerprint density at radius 2 is 0.945 bits per heavy atom. The molecule has 7 fully saturated rings. The van der Waals surface area contributed by atoms with Gasteiger partial charge in [0.05, 0.1) is 48.8 Å². The van der Waals surface area contributed by atoms with Crippen molar-refractivity contribution in [2.75, 3.05) is 76.4 Å². The first-order chi connectivity index (χ1) is 60.0. The van der Waals surface area contributed by atoms with E-state index in [0.29, 0.717) is 79.4 Å². The van der Waals surface area contributed by atoms with Gasteiger partial charge in [0, 0.05) is 203 Å². The van der Waals surface area contributed by atoms with Gasteiger partial charge >= 0.3 is 33.9 Å². The van der Waals surface area contributed by atoms with E-state index in [2.05, 4.69) is 150 Å². The Morgan fingerprint density at radius 3 is 1.31 bits per heavy atom. The number of pyridine rings is 6. The van der Waals surface area contributed by atoms with Gasteiger partial charge in [-0.05, 0) is 219 Å². The number of anilines is 2. The Hall–Kier alpha value is -11.7. The number of nitrogens with zero attached hydrogens (tertiary/aromatic N) is 17. The largest absolute Gasteiger partial charge is 0.534 e. The number of piperidine rings is 3. The first-order valence-corrected chi connectivity index (χ1v) is 44.5. The molecule has 0 aliphatic carbocycles. The van der Waals surface area contributed by atoms with E-state index >= 15 is 0 Å². The molecule has 18 heterocycles. The fourth-order valence-corrected chi connectivity index (χ4v) is 18.1. The number of nitrogens with one attached hydrogen (secondary N) is 1. The fourth-order valence-electron chi connectivity index (χ4n) is 17.6. The number of alkyl halides is 3. The molecule has 4 unspecified atom stereocenters. The van der Waals surface area contributed by atoms with Crippen molar-refractivity contribution in [2.24, 2.45) is 0 Å². The van der Waals surface area contributed by atoms with Crippen molar-refractivity contribution in [2.45, 2.75) is 244 Å². The number of hydrogen-bond acceptors (Lipinski definition) is 25. The third kappa shape index (κ3) is 21.8. The average molecular weight is 1780 g/mol. The van der Waals surface area contributed by atoms with Crippen molar-refractivity contribution in [3.63, 3.8) is 0 Å². The molecule has 3 amide bonds. The van der Waals surface area contributed by atoms with Gasteiger partial charge in [-0.2, -0.15) is 42.3 Å². The summed E-state index contributed by atoms with van der Waals surface area (Å²) in [6, 6.07) is 27.4. The number of ketones is 1. The van der Waals surface area contributed by atoms with Gasteiger partial charge in [-0.15, -0.1) is 0 Å². The molecule has 18 rings (SSSR count). The summed E-state index contributed by atoms with van der Waals surface area (Å²) < 4.78 is 93.5. The second-order valence-electron chi connectivity index (χ2n) is 39.3. The minimum atomic E-state index is -5.72. The molecule has 1 N–H and O–H groups in total. The van der Waals surface area contributed by atoms with Crippen LogP contribution in [0.5, 0.6) is 11.8 Å². The van der Waals surface area contributed by atoms with E-state index in [1.54, 1.807) is 75.5 Å². The Kier molecular flexibility index (Phi) is 26.7. The van der Waals surface area contributed by atoms with Crippen LogP contribution in [0, 0.1) is 22.7 Å². The highest BCUT2D eigenvalue weighted by Gasteiger charge is 2.51. The van der Waals surface area contributed by atoms with Crippen LogP contribution in [0.25, 0.3) is 44.4 Å². The summed E-state index contributed by atoms with van der Waals surface area (Å²) >= 11 is 0. The number of halogens is 3. The minimum absolute atomic E-state index is 0.0284. The monoisotopic (exact) mass is 1780 g/mol. The van der Waals surface area contributed by atoms with E-state index in [9.17, 15) is 51.3 Å². The number of fused-ring (bicyclic) bond motifs is 6. The lowest BCUT2D eigenvalue weighted by Crippen LogP contribution is -2.68. The van der Waals surface area contributed by atoms with E-state index < -0.39 is 55.1 Å². The number of carbonyl (C=O) groups is 4. The molecular formula is C94H117F3N18O12S. The molecular weight excluding hydrogens is 1660 g/mol. The predicted octanol–water partition coefficient (Wildman–Crippen LogP) is 15.7. The van der Waals surface area contributed by atoms with Gasteiger partial charge in [0.2, 0.25) is 11.8 Å². The van der Waals surface area contributed by atoms with E-state index in [4.69, 9.17) is 33.7 Å². The lowest BCUT2D eigenvalue weighted by Gasteiger charge is -2.56. The normalized spacial score (nSPS) is 20.7. The maximum absolute atomic E-state index is 13.0. The Bertz CT molecular complexity index is 5730. The van der Waals surface area contributed by atoms with Crippen LogP contribution in [-0.2, 0) is 46.4 Å². The molecule has 7 saturated heterocycles. The zero-order chi connectivity index (χ0) is 92.8. The van der Waals surface area contributed by atoms with Crippen LogP contribution >= 0.6 is 0 Å². The molecule has 0 aromatic carbocycles. The third-order valence-corrected chi connectivity index (χ3v) is 25.0. The lowest BCUT2D eigenvalue weighted by molar-refractivity contribution is -0.125. The lowest BCUT2D eigenvalue weighted by atomic mass is 9.86. The van der Waals surface area contributed by atoms with Crippen LogP contribution in [0.2, 0.25) is 0 Å². The molecule has 8 aromatic heterocycles. The van der Waals surface area contributed by atoms with Gasteiger partial charge in [0.25, 0.3) is 0 Å². The standard InChI is InChI=1S/C37H42N8O3.C32H34N8O.C13H20F3NO5S.C12H21NO3/c1-36(2,3)48-35(46)44-12-11-25(15-37(44,4)5)27-13-31(34-28(16-38)19-41-45(34)21-27)26-8-9-32(39-18-26)42-22-29-14-30(23-42)43(29)20-24-7-10-33(47-6)40-17-24;1-32(2)12-22(8-9-36-32)24-10-28(31-25(13-33)16-37-40(31)18-24)23-5-6-29(34-15-23)38-19-26-11-27(20-38)39(26)17-21-4-7-30(41-3)35-14-21;1-11(2,3)21-10(18)17-7-6-9(8-12(17,4)5)22-23(19,20)13(14,15)16;1-11(2,3)16-10(15)13-7-6-9(14)8-12(13,4)5/h7-11,13,17-19,21,29-30H,12,14-15,20,22-23H2,1-6H3;4-8,10,14-16,18,26-27,36H,9,11-12,17,19-20H2,1-3H3;6H,7-8H2,1-5H3;6-8H2,1-5H3. The minimum Gasteiger partial charge on any atom is -0.481 e. The predicted molar refractivity (Wildman–Crippen MR) is 479 cm³/mol. The Balaban J connectivity index is 0.000000158. The molecule has 0 spiro atoms. The highest BCUT2D eigenvalue weighted by Crippen LogP contribution is 2.43. The SMILES string of the molecule is CC(C)(C)OC(=O)N1CC=C(OS(=O)(=O)C(F)(F)F)CC1(C)C.CC(C)(C)OC(=O)N1CCC(=O)CC1(C)C.COc1ccc(CN2C3CC2CN(c2ccc(-c4cc(C5=CCN(C(=O)OC(C)(C)C)C(C)(C)C5)cn5ncc(C#N)c45)cn2)C3)cn1.COc1ccc(CN2C3CC2CN(c2ccc(-c4cc(C5=CCNC(C)(C)C5)cn5ncc(C#N)c45)cn2)C3)cn1. The van der Waals surface area contributed by atoms with Crippen molar-refractivity contribution >= 4 is 68.0 Å². The molecule has 10 aliphatic heterocycles. The number of nitriles is 2. The van der Waals surface area contributed by atoms with Crippen molar-refractivity contribution in [3.8, 4) is 46.2 Å². The number of ether oxygens (including phenoxy) is 5. The number of likely N-dealkylation sites (tertiary alicyclic amines) is 1. The number of hydrogen-bond donors (Lipinski definition) is 1. The number of piperazine rings is 2. The van der Waals surface area contributed by atoms with Gasteiger partial charge in [0.1, 0.15) is 52.1 Å². The van der Waals surface area contributed by atoms with Gasteiger partial charge in [0.15, 0.2) is 0 Å². The fraction of sp³-hybridized carbons (Fsp3) is 0.511. The van der Waals surface area contributed by atoms with Gasteiger partial charge in [-0.25, -0.2) is 43.4 Å². The zero-order valence-electron chi connectivity index (χ0n) is 76.5. The van der Waals surface area contributed by atoms with Crippen LogP contribution in [0.1, 0.15) is 196 Å². The summed E-state index contributed by atoms with van der Waals surface area (Å²) in [5.41, 5.74) is 4.27. The number of methoxy groups -OCH3 is 2. The van der Waals surface area contributed by atoms with Crippen molar-refractivity contribution in [1.82, 2.24) is 69.0 Å². The number of carbonyl (C=O) groups excluding carboxylic acids is 4. The summed E-state index contributed by atoms with van der Waals surface area (Å²) in [5.74, 6) is 3.10. The molecule has 0 radical (unpaired) electrons. The van der Waals surface area contributed by atoms with Crippen molar-refractivity contribution in [1.29, 1.82) is 10.5 Å². The third-order valence-electron chi connectivity index (χ3n) is 24.0. The summed E-state index contributed by atoms with van der Waals surface area (Å²) in [7, 11) is -2.44. The number of amides is 3. The van der Waals surface area contributed by atoms with E-state index in [0.717, 1.165) is 120 Å². The molecule has 34 heteroatoms. The Morgan fingerprint density at radius 1 is 0.523 bits per heavy atom. The molecule has 0 saturated carbocycles. The molecule has 10 aliphatic rings. The van der Waals surface area contributed by atoms with Crippen molar-refractivity contribution < 1.29 is 68.6 Å². The van der Waals surface area contributed by atoms with E-state index in [1.807, 2.05) is 109 Å². The van der Waals surface area contributed by atoms with Crippen LogP contribution in [0.15, 0.2) is 134 Å². The van der Waals surface area contributed by atoms with Gasteiger partial charge in [-0.3, -0.25) is 24.4 Å². The molecule has 30 nitrogen and oxygen atoms in total. The molecule has 8 aromatic rings. The van der Waals surface area contributed by atoms with E-state index in [-0.39, 0.29) is 42.2 Å². The number of aromatic nitrogens is 8. The summed E-state index contributed by atoms with van der Waals surface area (Å²) in [5, 5.41) is 32.3. The summed E-state index contributed by atoms with van der Waals surface area (Å²) in [6.45, 7) is 38.9. The molecule has 128 heavy (non-hydrogen) atoms. The van der Waals surface area contributed by atoms with Crippen LogP contribution in [0.3, 0.4) is 0 Å². The van der Waals surface area contributed by atoms with Gasteiger partial charge in [-0.1, -0.05) is 24.3 Å². The maximum atomic E-state index is 13.0. The summed E-state index contributed by atoms with van der Waals surface area (Å²) in [6.07, 6.45) is 23.8. The van der Waals surface area contributed by atoms with Gasteiger partial charge < -0.3 is 47.9 Å². The quantitative estimate of drug-likeness (QED) is 0.0600. The average Bonchev–Trinajstić information content (AvgIpc) is 0.974. The second kappa shape index (κ2) is 36.4. The second-order valence-corrected chi connectivity index (χ2v) is 40.8. The molecule has 682 valence electrons. The summed E-state index contributed by atoms with van der Waals surface area (Å²) in [4.78, 5) is 81.6. The van der Waals surface area contributed by atoms with Crippen LogP contribution < -0.4 is 24.6 Å².